The lowest BCUT2D eigenvalue weighted by Crippen LogP contribution is -2.20. The maximum Gasteiger partial charge on any atom is 0.130 e. The standard InChI is InChI=1S/C48H36Br4N4O4/c1-57-37-13-7-14-38(58-2)47(37)45-33-21-17-29(53-33)43(41-25(49)9-5-10-26(41)50)31-19-23-35(55-31)46(48-39(59-3)15-8-16-40(48)60-4)36-24-20-32(56-36)44(30-18-22-34(45)54-30)42-27(51)11-6-12-28(42)52/h5-24,53-56H,1-4H3. The summed E-state index contributed by atoms with van der Waals surface area (Å²) in [4.78, 5) is 15.4. The van der Waals surface area contributed by atoms with Gasteiger partial charge in [-0.25, -0.2) is 0 Å². The first kappa shape index (κ1) is 40.0. The largest absolute Gasteiger partial charge is 0.496 e. The van der Waals surface area contributed by atoms with Crippen molar-refractivity contribution in [2.75, 3.05) is 28.4 Å². The summed E-state index contributed by atoms with van der Waals surface area (Å²) in [7, 11) is 6.72. The predicted octanol–water partition coefficient (Wildman–Crippen LogP) is 9.39. The molecule has 4 aromatic heterocycles. The molecule has 0 aliphatic carbocycles. The normalized spacial score (nSPS) is 12.5. The number of aromatic nitrogens is 4. The number of fused-ring (bicyclic) bond motifs is 8. The minimum Gasteiger partial charge on any atom is -0.496 e. The van der Waals surface area contributed by atoms with Crippen molar-refractivity contribution in [3.8, 4) is 23.0 Å². The summed E-state index contributed by atoms with van der Waals surface area (Å²) in [5.41, 5.74) is 10.6. The van der Waals surface area contributed by atoms with Gasteiger partial charge in [0.05, 0.1) is 39.6 Å². The summed E-state index contributed by atoms with van der Waals surface area (Å²) in [6, 6.07) is 40.8. The van der Waals surface area contributed by atoms with E-state index in [2.05, 4.69) is 132 Å². The van der Waals surface area contributed by atoms with Gasteiger partial charge in [-0.2, -0.15) is 0 Å². The topological polar surface area (TPSA) is 100 Å². The van der Waals surface area contributed by atoms with Crippen LogP contribution in [0.3, 0.4) is 0 Å². The van der Waals surface area contributed by atoms with Crippen LogP contribution in [0, 0.1) is 0 Å². The van der Waals surface area contributed by atoms with Crippen LogP contribution in [0.4, 0.5) is 0 Å². The van der Waals surface area contributed by atoms with E-state index in [1.54, 1.807) is 28.4 Å². The third-order valence-corrected chi connectivity index (χ3v) is 13.3. The number of rotatable bonds is 8. The first-order valence-electron chi connectivity index (χ1n) is 18.8. The molecule has 0 saturated carbocycles. The maximum atomic E-state index is 6.04. The van der Waals surface area contributed by atoms with E-state index >= 15 is 0 Å². The Morgan fingerprint density at radius 3 is 0.817 bits per heavy atom. The Hall–Kier alpha value is -5.40. The molecule has 0 atom stereocenters. The molecular formula is C48H36Br4N4O4. The van der Waals surface area contributed by atoms with E-state index in [0.717, 1.165) is 107 Å². The number of ether oxygens (including phenoxy) is 4. The molecule has 0 fully saturated rings. The van der Waals surface area contributed by atoms with Crippen molar-refractivity contribution >= 4 is 86.0 Å². The number of benzene rings is 4. The molecule has 8 bridgehead atoms. The predicted molar refractivity (Wildman–Crippen MR) is 251 cm³/mol. The van der Waals surface area contributed by atoms with E-state index in [9.17, 15) is 0 Å². The molecule has 8 nitrogen and oxygen atoms in total. The van der Waals surface area contributed by atoms with Gasteiger partial charge in [0.25, 0.3) is 0 Å². The third kappa shape index (κ3) is 6.89. The molecule has 0 radical (unpaired) electrons. The van der Waals surface area contributed by atoms with Crippen molar-refractivity contribution < 1.29 is 18.9 Å². The Bertz CT molecular complexity index is 2930. The number of hydrogen-bond acceptors (Lipinski definition) is 4. The highest BCUT2D eigenvalue weighted by Crippen LogP contribution is 2.41. The second-order valence-corrected chi connectivity index (χ2v) is 17.3. The van der Waals surface area contributed by atoms with E-state index < -0.39 is 0 Å². The number of methoxy groups -OCH3 is 4. The Morgan fingerprint density at radius 2 is 0.550 bits per heavy atom. The molecule has 4 aromatic carbocycles. The van der Waals surface area contributed by atoms with Crippen LogP contribution in [0.5, 0.6) is 23.0 Å². The summed E-state index contributed by atoms with van der Waals surface area (Å²) in [6.07, 6.45) is 0. The maximum absolute atomic E-state index is 6.04. The number of nitrogens with one attached hydrogen (secondary N) is 4. The van der Waals surface area contributed by atoms with Crippen molar-refractivity contribution in [2.24, 2.45) is 0 Å². The molecule has 0 saturated heterocycles. The lowest BCUT2D eigenvalue weighted by atomic mass is 10.00. The van der Waals surface area contributed by atoms with Crippen LogP contribution < -0.4 is 40.3 Å². The van der Waals surface area contributed by atoms with Crippen LogP contribution in [-0.4, -0.2) is 48.4 Å². The van der Waals surface area contributed by atoms with E-state index in [1.807, 2.05) is 72.8 Å². The van der Waals surface area contributed by atoms with Gasteiger partial charge in [0.2, 0.25) is 0 Å². The quantitative estimate of drug-likeness (QED) is 0.122. The van der Waals surface area contributed by atoms with Crippen molar-refractivity contribution in [3.63, 3.8) is 0 Å². The SMILES string of the molecule is COc1cccc(OC)c1C1=c2ccc([nH]2)=C(c2c(Br)cccc2Br)c2ccc([nH]2)C(c2c(OC)cccc2OC)=c2ccc([nH]2)=C(c2c(Br)cccc2Br)c2ccc1[nH]2. The number of hydrogen-bond donors (Lipinski definition) is 4. The summed E-state index contributed by atoms with van der Waals surface area (Å²) in [6.45, 7) is 0. The fraction of sp³-hybridized carbons (Fsp3) is 0.0833. The number of halogens is 4. The first-order valence-corrected chi connectivity index (χ1v) is 22.0. The Kier molecular flexibility index (Phi) is 11.1. The minimum absolute atomic E-state index is 0.666. The van der Waals surface area contributed by atoms with Gasteiger partial charge in [-0.1, -0.05) is 88.0 Å². The van der Waals surface area contributed by atoms with Crippen LogP contribution in [0.15, 0.2) is 139 Å². The van der Waals surface area contributed by atoms with E-state index in [1.165, 1.54) is 0 Å². The second-order valence-electron chi connectivity index (χ2n) is 13.9. The Labute approximate surface area is 379 Å². The molecule has 12 heteroatoms. The van der Waals surface area contributed by atoms with Crippen molar-refractivity contribution in [1.82, 2.24) is 19.9 Å². The van der Waals surface area contributed by atoms with Crippen LogP contribution in [0.2, 0.25) is 0 Å². The zero-order valence-corrected chi connectivity index (χ0v) is 39.0. The smallest absolute Gasteiger partial charge is 0.130 e. The average molecular weight is 1050 g/mol. The molecule has 8 aromatic rings. The Morgan fingerprint density at radius 1 is 0.300 bits per heavy atom. The van der Waals surface area contributed by atoms with Gasteiger partial charge in [0, 0.05) is 95.5 Å². The van der Waals surface area contributed by atoms with Crippen LogP contribution in [-0.2, 0) is 0 Å². The number of aromatic amines is 4. The van der Waals surface area contributed by atoms with Crippen molar-refractivity contribution in [2.45, 2.75) is 0 Å². The fourth-order valence-electron chi connectivity index (χ4n) is 8.07. The first-order chi connectivity index (χ1) is 29.2. The van der Waals surface area contributed by atoms with E-state index in [4.69, 9.17) is 18.9 Å². The van der Waals surface area contributed by atoms with Gasteiger partial charge in [-0.15, -0.1) is 0 Å². The van der Waals surface area contributed by atoms with Gasteiger partial charge < -0.3 is 38.9 Å². The average Bonchev–Trinajstić information content (AvgIpc) is 4.10. The van der Waals surface area contributed by atoms with Gasteiger partial charge in [-0.3, -0.25) is 0 Å². The molecule has 1 aliphatic heterocycles. The van der Waals surface area contributed by atoms with Crippen LogP contribution >= 0.6 is 63.7 Å². The summed E-state index contributed by atoms with van der Waals surface area (Å²) in [5, 5.41) is 3.44. The van der Waals surface area contributed by atoms with Gasteiger partial charge in [0.15, 0.2) is 0 Å². The molecule has 5 heterocycles. The highest BCUT2D eigenvalue weighted by Gasteiger charge is 2.25. The third-order valence-electron chi connectivity index (χ3n) is 10.7. The fourth-order valence-corrected chi connectivity index (χ4v) is 10.9. The lowest BCUT2D eigenvalue weighted by Gasteiger charge is -2.16. The van der Waals surface area contributed by atoms with Crippen LogP contribution in [0.1, 0.15) is 45.0 Å². The molecular weight excluding hydrogens is 1020 g/mol. The molecule has 0 unspecified atom stereocenters. The molecule has 9 rings (SSSR count). The van der Waals surface area contributed by atoms with Gasteiger partial charge in [-0.05, 0) is 97.1 Å². The molecule has 1 aliphatic rings. The summed E-state index contributed by atoms with van der Waals surface area (Å²) in [5.74, 6) is 2.66. The highest BCUT2D eigenvalue weighted by molar-refractivity contribution is 9.11. The molecule has 300 valence electrons. The van der Waals surface area contributed by atoms with Crippen molar-refractivity contribution in [3.05, 3.63) is 206 Å². The second kappa shape index (κ2) is 16.6. The highest BCUT2D eigenvalue weighted by atomic mass is 79.9. The van der Waals surface area contributed by atoms with Crippen LogP contribution in [0.25, 0.3) is 22.3 Å². The zero-order valence-electron chi connectivity index (χ0n) is 32.7. The van der Waals surface area contributed by atoms with Gasteiger partial charge >= 0.3 is 0 Å². The Balaban J connectivity index is 1.51. The van der Waals surface area contributed by atoms with E-state index in [0.29, 0.717) is 23.0 Å². The molecule has 0 amide bonds. The monoisotopic (exact) mass is 1050 g/mol. The van der Waals surface area contributed by atoms with Gasteiger partial charge in [0.1, 0.15) is 23.0 Å². The summed E-state index contributed by atoms with van der Waals surface area (Å²) >= 11 is 15.6. The summed E-state index contributed by atoms with van der Waals surface area (Å²) < 4.78 is 27.9. The minimum atomic E-state index is 0.666. The lowest BCUT2D eigenvalue weighted by molar-refractivity contribution is 0.392. The molecule has 60 heavy (non-hydrogen) atoms. The molecule has 4 N–H and O–H groups in total. The zero-order chi connectivity index (χ0) is 41.7. The number of H-pyrrole nitrogens is 4. The molecule has 0 spiro atoms. The van der Waals surface area contributed by atoms with Crippen molar-refractivity contribution in [1.29, 1.82) is 0 Å². The van der Waals surface area contributed by atoms with E-state index in [-0.39, 0.29) is 0 Å².